The molecule has 24 heavy (non-hydrogen) atoms. The summed E-state index contributed by atoms with van der Waals surface area (Å²) in [5.41, 5.74) is -1.07. The van der Waals surface area contributed by atoms with E-state index in [-0.39, 0.29) is 10.6 Å². The van der Waals surface area contributed by atoms with Crippen molar-refractivity contribution in [1.82, 2.24) is 5.01 Å². The van der Waals surface area contributed by atoms with Crippen molar-refractivity contribution in [2.24, 2.45) is 5.10 Å². The molecule has 8 heteroatoms. The van der Waals surface area contributed by atoms with E-state index < -0.39 is 17.5 Å². The van der Waals surface area contributed by atoms with Gasteiger partial charge in [0.2, 0.25) is 0 Å². The largest absolute Gasteiger partial charge is 0.416 e. The van der Waals surface area contributed by atoms with E-state index in [9.17, 15) is 18.0 Å². The summed E-state index contributed by atoms with van der Waals surface area (Å²) in [7, 11) is 0. The summed E-state index contributed by atoms with van der Waals surface area (Å²) >= 11 is 7.22. The van der Waals surface area contributed by atoms with E-state index in [4.69, 9.17) is 11.6 Å². The van der Waals surface area contributed by atoms with Gasteiger partial charge in [-0.05, 0) is 31.5 Å². The lowest BCUT2D eigenvalue weighted by Gasteiger charge is -2.15. The molecule has 0 bridgehead atoms. The average molecular weight is 377 g/mol. The molecule has 0 saturated carbocycles. The lowest BCUT2D eigenvalue weighted by Crippen LogP contribution is -2.14. The maximum absolute atomic E-state index is 12.8. The number of carbonyl (C=O) groups excluding carboxylic acids is 1. The fraction of sp³-hybridized carbons (Fsp3) is 0.375. The normalized spacial score (nSPS) is 16.7. The topological polar surface area (TPSA) is 32.7 Å². The summed E-state index contributed by atoms with van der Waals surface area (Å²) in [5, 5.41) is 7.38. The Labute approximate surface area is 147 Å². The smallest absolute Gasteiger partial charge is 0.289 e. The van der Waals surface area contributed by atoms with Gasteiger partial charge in [0, 0.05) is 18.2 Å². The van der Waals surface area contributed by atoms with Gasteiger partial charge in [-0.1, -0.05) is 36.7 Å². The zero-order valence-corrected chi connectivity index (χ0v) is 14.7. The molecule has 3 nitrogen and oxygen atoms in total. The van der Waals surface area contributed by atoms with Gasteiger partial charge in [-0.15, -0.1) is 0 Å². The molecule has 1 aliphatic heterocycles. The summed E-state index contributed by atoms with van der Waals surface area (Å²) < 4.78 is 38.5. The number of nitrogens with zero attached hydrogens (tertiary/aromatic N) is 2. The molecule has 0 fully saturated rings. The summed E-state index contributed by atoms with van der Waals surface area (Å²) in [6.07, 6.45) is -1.37. The van der Waals surface area contributed by atoms with Gasteiger partial charge in [0.05, 0.1) is 15.6 Å². The molecule has 0 saturated heterocycles. The second kappa shape index (κ2) is 7.61. The van der Waals surface area contributed by atoms with Crippen molar-refractivity contribution >= 4 is 34.2 Å². The Kier molecular flexibility index (Phi) is 5.98. The van der Waals surface area contributed by atoms with Gasteiger partial charge in [-0.25, -0.2) is 0 Å². The maximum atomic E-state index is 12.8. The van der Waals surface area contributed by atoms with Crippen LogP contribution in [-0.2, 0) is 6.18 Å². The number of ketones is 1. The monoisotopic (exact) mass is 376 g/mol. The van der Waals surface area contributed by atoms with E-state index in [1.165, 1.54) is 17.8 Å². The zero-order valence-electron chi connectivity index (χ0n) is 13.2. The number of alkyl halides is 3. The number of allylic oxidation sites excluding steroid dienone is 1. The van der Waals surface area contributed by atoms with Gasteiger partial charge in [-0.3, -0.25) is 9.80 Å². The van der Waals surface area contributed by atoms with E-state index in [2.05, 4.69) is 5.10 Å². The molecule has 1 aromatic carbocycles. The third-order valence-corrected chi connectivity index (χ3v) is 4.55. The summed E-state index contributed by atoms with van der Waals surface area (Å²) in [4.78, 5) is 12.4. The first-order valence-corrected chi connectivity index (χ1v) is 8.55. The molecule has 0 radical (unpaired) electrons. The molecule has 0 aromatic heterocycles. The minimum Gasteiger partial charge on any atom is -0.289 e. The number of unbranched alkanes of at least 4 members (excludes halogenated alkanes) is 1. The number of hydrogen-bond acceptors (Lipinski definition) is 4. The van der Waals surface area contributed by atoms with Crippen LogP contribution in [0.3, 0.4) is 0 Å². The molecule has 130 valence electrons. The second-order valence-corrected chi connectivity index (χ2v) is 6.86. The Morgan fingerprint density at radius 3 is 2.75 bits per heavy atom. The van der Waals surface area contributed by atoms with Crippen molar-refractivity contribution in [3.8, 4) is 0 Å². The Morgan fingerprint density at radius 2 is 2.12 bits per heavy atom. The highest BCUT2D eigenvalue weighted by Crippen LogP contribution is 2.34. The standard InChI is InChI=1S/C16H16ClF3N2OS/c1-3-4-7-22-15(24-10(2)21-22)9-14(23)12-8-11(16(18,19)20)5-6-13(12)17/h5-6,8-9H,3-4,7H2,1-2H3. The van der Waals surface area contributed by atoms with Gasteiger partial charge < -0.3 is 0 Å². The number of halogens is 4. The molecular formula is C16H16ClF3N2OS. The highest BCUT2D eigenvalue weighted by molar-refractivity contribution is 8.17. The molecule has 1 heterocycles. The fourth-order valence-electron chi connectivity index (χ4n) is 2.10. The summed E-state index contributed by atoms with van der Waals surface area (Å²) in [5.74, 6) is -0.569. The first-order chi connectivity index (χ1) is 11.2. The van der Waals surface area contributed by atoms with Gasteiger partial charge >= 0.3 is 6.18 Å². The van der Waals surface area contributed by atoms with Crippen LogP contribution >= 0.6 is 23.4 Å². The third-order valence-electron chi connectivity index (χ3n) is 3.31. The zero-order chi connectivity index (χ0) is 17.9. The van der Waals surface area contributed by atoms with Crippen LogP contribution in [0.25, 0.3) is 0 Å². The number of hydrogen-bond donors (Lipinski definition) is 0. The number of thioether (sulfide) groups is 1. The first kappa shape index (κ1) is 18.9. The molecule has 0 atom stereocenters. The van der Waals surface area contributed by atoms with Crippen LogP contribution in [0, 0.1) is 0 Å². The molecule has 0 N–H and O–H groups in total. The van der Waals surface area contributed by atoms with E-state index >= 15 is 0 Å². The fourth-order valence-corrected chi connectivity index (χ4v) is 3.15. The Hall–Kier alpha value is -1.47. The summed E-state index contributed by atoms with van der Waals surface area (Å²) in [6.45, 7) is 4.50. The molecule has 0 aliphatic carbocycles. The lowest BCUT2D eigenvalue weighted by atomic mass is 10.1. The highest BCUT2D eigenvalue weighted by Gasteiger charge is 2.31. The number of benzene rings is 1. The third kappa shape index (κ3) is 4.54. The average Bonchev–Trinajstić information content (AvgIpc) is 2.83. The quantitative estimate of drug-likeness (QED) is 0.497. The molecule has 0 amide bonds. The van der Waals surface area contributed by atoms with Crippen molar-refractivity contribution in [3.63, 3.8) is 0 Å². The Morgan fingerprint density at radius 1 is 1.42 bits per heavy atom. The Bertz CT molecular complexity index is 701. The lowest BCUT2D eigenvalue weighted by molar-refractivity contribution is -0.137. The minimum absolute atomic E-state index is 0.00871. The van der Waals surface area contributed by atoms with E-state index in [1.807, 2.05) is 13.8 Å². The number of carbonyl (C=O) groups is 1. The highest BCUT2D eigenvalue weighted by atomic mass is 35.5. The number of hydrazone groups is 1. The van der Waals surface area contributed by atoms with E-state index in [0.29, 0.717) is 11.6 Å². The molecule has 0 spiro atoms. The maximum Gasteiger partial charge on any atom is 0.416 e. The van der Waals surface area contributed by atoms with E-state index in [1.54, 1.807) is 5.01 Å². The molecular weight excluding hydrogens is 361 g/mol. The van der Waals surface area contributed by atoms with Crippen LogP contribution < -0.4 is 0 Å². The van der Waals surface area contributed by atoms with Gasteiger partial charge in [-0.2, -0.15) is 18.3 Å². The van der Waals surface area contributed by atoms with Crippen molar-refractivity contribution in [3.05, 3.63) is 45.5 Å². The van der Waals surface area contributed by atoms with Crippen LogP contribution in [0.1, 0.15) is 42.6 Å². The van der Waals surface area contributed by atoms with Crippen LogP contribution in [0.4, 0.5) is 13.2 Å². The van der Waals surface area contributed by atoms with Crippen LogP contribution in [0.2, 0.25) is 5.02 Å². The van der Waals surface area contributed by atoms with Crippen molar-refractivity contribution in [2.45, 2.75) is 32.9 Å². The van der Waals surface area contributed by atoms with Crippen molar-refractivity contribution in [2.75, 3.05) is 6.54 Å². The van der Waals surface area contributed by atoms with E-state index in [0.717, 1.165) is 36.1 Å². The predicted molar refractivity (Wildman–Crippen MR) is 91.2 cm³/mol. The number of rotatable bonds is 5. The first-order valence-electron chi connectivity index (χ1n) is 7.35. The van der Waals surface area contributed by atoms with Gasteiger partial charge in [0.1, 0.15) is 5.03 Å². The molecule has 1 aliphatic rings. The van der Waals surface area contributed by atoms with Gasteiger partial charge in [0.15, 0.2) is 5.78 Å². The summed E-state index contributed by atoms with van der Waals surface area (Å²) in [6, 6.07) is 2.73. The van der Waals surface area contributed by atoms with Crippen molar-refractivity contribution < 1.29 is 18.0 Å². The molecule has 1 aromatic rings. The predicted octanol–water partition coefficient (Wildman–Crippen LogP) is 5.57. The minimum atomic E-state index is -4.53. The Balaban J connectivity index is 2.29. The molecule has 0 unspecified atom stereocenters. The van der Waals surface area contributed by atoms with Crippen LogP contribution in [-0.4, -0.2) is 22.4 Å². The van der Waals surface area contributed by atoms with Gasteiger partial charge in [0.25, 0.3) is 0 Å². The molecule has 2 rings (SSSR count). The SMILES string of the molecule is CCCCN1N=C(C)SC1=CC(=O)c1cc(C(F)(F)F)ccc1Cl. The van der Waals surface area contributed by atoms with Crippen LogP contribution in [0.15, 0.2) is 34.4 Å². The second-order valence-electron chi connectivity index (χ2n) is 5.24. The van der Waals surface area contributed by atoms with Crippen molar-refractivity contribution in [1.29, 1.82) is 0 Å². The van der Waals surface area contributed by atoms with Crippen LogP contribution in [0.5, 0.6) is 0 Å².